The fourth-order valence-corrected chi connectivity index (χ4v) is 6.92. The SMILES string of the molecule is c1ccc(N(c2ccc(-c3cccc4ccccc34)cc2)c2cccc(-c3nc4c5ccccc5ccc4n3-c3ccccc3)c2)cc1. The first-order chi connectivity index (χ1) is 23.8. The van der Waals surface area contributed by atoms with E-state index in [0.29, 0.717) is 0 Å². The lowest BCUT2D eigenvalue weighted by molar-refractivity contribution is 1.10. The lowest BCUT2D eigenvalue weighted by Gasteiger charge is -2.26. The zero-order valence-corrected chi connectivity index (χ0v) is 26.2. The maximum absolute atomic E-state index is 5.35. The van der Waals surface area contributed by atoms with E-state index in [2.05, 4.69) is 198 Å². The zero-order valence-electron chi connectivity index (χ0n) is 26.2. The lowest BCUT2D eigenvalue weighted by Crippen LogP contribution is -2.10. The molecule has 0 saturated carbocycles. The van der Waals surface area contributed by atoms with Gasteiger partial charge in [0.05, 0.1) is 11.0 Å². The topological polar surface area (TPSA) is 21.1 Å². The third-order valence-electron chi connectivity index (χ3n) is 9.17. The van der Waals surface area contributed by atoms with Crippen molar-refractivity contribution in [1.82, 2.24) is 9.55 Å². The van der Waals surface area contributed by atoms with Gasteiger partial charge in [-0.2, -0.15) is 0 Å². The molecule has 0 aliphatic heterocycles. The number of rotatable bonds is 6. The molecule has 0 amide bonds. The van der Waals surface area contributed by atoms with Gasteiger partial charge < -0.3 is 4.90 Å². The first-order valence-electron chi connectivity index (χ1n) is 16.3. The molecule has 1 aromatic heterocycles. The minimum Gasteiger partial charge on any atom is -0.310 e. The molecule has 0 saturated heterocycles. The van der Waals surface area contributed by atoms with Gasteiger partial charge in [-0.05, 0) is 81.9 Å². The van der Waals surface area contributed by atoms with Crippen LogP contribution in [0.2, 0.25) is 0 Å². The highest BCUT2D eigenvalue weighted by Crippen LogP contribution is 2.39. The first kappa shape index (κ1) is 27.8. The fourth-order valence-electron chi connectivity index (χ4n) is 6.92. The third kappa shape index (κ3) is 4.81. The molecule has 1 heterocycles. The molecule has 0 N–H and O–H groups in total. The maximum atomic E-state index is 5.35. The van der Waals surface area contributed by atoms with Crippen LogP contribution in [0.4, 0.5) is 17.1 Å². The largest absolute Gasteiger partial charge is 0.310 e. The average molecular weight is 614 g/mol. The number of hydrogen-bond donors (Lipinski definition) is 0. The van der Waals surface area contributed by atoms with E-state index in [1.54, 1.807) is 0 Å². The molecule has 0 spiro atoms. The van der Waals surface area contributed by atoms with E-state index >= 15 is 0 Å². The van der Waals surface area contributed by atoms with Gasteiger partial charge in [-0.3, -0.25) is 4.57 Å². The molecule has 0 fully saturated rings. The number of aromatic nitrogens is 2. The summed E-state index contributed by atoms with van der Waals surface area (Å²) in [6, 6.07) is 66.7. The standard InChI is InChI=1S/C45H31N3/c1-3-17-36(18-4-1)47(38-28-25-34(26-29-38)41-24-12-15-32-13-7-9-22-40(32)41)39-21-11-16-35(31-39)45-46-44-42-23-10-8-14-33(42)27-30-43(44)48(45)37-19-5-2-6-20-37/h1-31H. The Bertz CT molecular complexity index is 2540. The Hall–Kier alpha value is -6.45. The van der Waals surface area contributed by atoms with Gasteiger partial charge in [-0.1, -0.05) is 133 Å². The molecule has 0 unspecified atom stereocenters. The smallest absolute Gasteiger partial charge is 0.145 e. The maximum Gasteiger partial charge on any atom is 0.145 e. The lowest BCUT2D eigenvalue weighted by atomic mass is 9.98. The molecule has 48 heavy (non-hydrogen) atoms. The van der Waals surface area contributed by atoms with Gasteiger partial charge in [0.15, 0.2) is 0 Å². The van der Waals surface area contributed by atoms with E-state index in [9.17, 15) is 0 Å². The zero-order chi connectivity index (χ0) is 31.9. The molecule has 3 heteroatoms. The second-order valence-corrected chi connectivity index (χ2v) is 12.1. The van der Waals surface area contributed by atoms with Gasteiger partial charge in [0.1, 0.15) is 5.82 Å². The van der Waals surface area contributed by atoms with E-state index in [0.717, 1.165) is 50.6 Å². The summed E-state index contributed by atoms with van der Waals surface area (Å²) in [5.74, 6) is 0.911. The van der Waals surface area contributed by atoms with E-state index in [1.807, 2.05) is 0 Å². The van der Waals surface area contributed by atoms with E-state index in [-0.39, 0.29) is 0 Å². The molecular weight excluding hydrogens is 583 g/mol. The van der Waals surface area contributed by atoms with Gasteiger partial charge in [0.25, 0.3) is 0 Å². The molecular formula is C45H31N3. The number of imidazole rings is 1. The second kappa shape index (κ2) is 11.7. The molecule has 0 aliphatic carbocycles. The van der Waals surface area contributed by atoms with E-state index in [4.69, 9.17) is 4.98 Å². The molecule has 0 atom stereocenters. The van der Waals surface area contributed by atoms with Crippen LogP contribution in [0.3, 0.4) is 0 Å². The highest BCUT2D eigenvalue weighted by atomic mass is 15.1. The van der Waals surface area contributed by atoms with Crippen LogP contribution < -0.4 is 4.90 Å². The minimum atomic E-state index is 0.911. The van der Waals surface area contributed by atoms with Crippen molar-refractivity contribution < 1.29 is 0 Å². The third-order valence-corrected chi connectivity index (χ3v) is 9.17. The van der Waals surface area contributed by atoms with Gasteiger partial charge >= 0.3 is 0 Å². The van der Waals surface area contributed by atoms with Crippen molar-refractivity contribution in [2.24, 2.45) is 0 Å². The monoisotopic (exact) mass is 613 g/mol. The molecule has 9 rings (SSSR count). The van der Waals surface area contributed by atoms with Gasteiger partial charge in [-0.15, -0.1) is 0 Å². The highest BCUT2D eigenvalue weighted by molar-refractivity contribution is 6.06. The van der Waals surface area contributed by atoms with Crippen LogP contribution in [0.25, 0.3) is 60.8 Å². The second-order valence-electron chi connectivity index (χ2n) is 12.1. The van der Waals surface area contributed by atoms with Crippen LogP contribution in [0, 0.1) is 0 Å². The average Bonchev–Trinajstić information content (AvgIpc) is 3.56. The summed E-state index contributed by atoms with van der Waals surface area (Å²) >= 11 is 0. The minimum absolute atomic E-state index is 0.911. The predicted molar refractivity (Wildman–Crippen MR) is 202 cm³/mol. The normalized spacial score (nSPS) is 11.3. The summed E-state index contributed by atoms with van der Waals surface area (Å²) in [6.45, 7) is 0. The summed E-state index contributed by atoms with van der Waals surface area (Å²) in [5.41, 5.74) is 9.89. The predicted octanol–water partition coefficient (Wildman–Crippen LogP) is 12.1. The fraction of sp³-hybridized carbons (Fsp3) is 0. The Balaban J connectivity index is 1.20. The van der Waals surface area contributed by atoms with Crippen LogP contribution in [-0.2, 0) is 0 Å². The molecule has 3 nitrogen and oxygen atoms in total. The molecule has 9 aromatic rings. The number of fused-ring (bicyclic) bond motifs is 4. The van der Waals surface area contributed by atoms with Crippen LogP contribution in [-0.4, -0.2) is 9.55 Å². The number of hydrogen-bond acceptors (Lipinski definition) is 2. The Kier molecular flexibility index (Phi) is 6.80. The van der Waals surface area contributed by atoms with Crippen molar-refractivity contribution in [3.05, 3.63) is 188 Å². The van der Waals surface area contributed by atoms with Crippen molar-refractivity contribution in [2.75, 3.05) is 4.90 Å². The van der Waals surface area contributed by atoms with Crippen molar-refractivity contribution in [2.45, 2.75) is 0 Å². The molecule has 0 aliphatic rings. The molecule has 226 valence electrons. The number of nitrogens with zero attached hydrogens (tertiary/aromatic N) is 3. The van der Waals surface area contributed by atoms with E-state index < -0.39 is 0 Å². The molecule has 0 bridgehead atoms. The van der Waals surface area contributed by atoms with Crippen LogP contribution in [0.15, 0.2) is 188 Å². The summed E-state index contributed by atoms with van der Waals surface area (Å²) in [7, 11) is 0. The summed E-state index contributed by atoms with van der Waals surface area (Å²) < 4.78 is 2.28. The Morgan fingerprint density at radius 3 is 1.81 bits per heavy atom. The van der Waals surface area contributed by atoms with Crippen molar-refractivity contribution in [3.63, 3.8) is 0 Å². The number of para-hydroxylation sites is 2. The number of anilines is 3. The Morgan fingerprint density at radius 2 is 1.02 bits per heavy atom. The summed E-state index contributed by atoms with van der Waals surface area (Å²) in [4.78, 5) is 7.67. The summed E-state index contributed by atoms with van der Waals surface area (Å²) in [6.07, 6.45) is 0. The van der Waals surface area contributed by atoms with Gasteiger partial charge in [0, 0.05) is 33.7 Å². The van der Waals surface area contributed by atoms with Gasteiger partial charge in [0.2, 0.25) is 0 Å². The molecule has 8 aromatic carbocycles. The highest BCUT2D eigenvalue weighted by Gasteiger charge is 2.19. The Labute approximate surface area is 279 Å². The molecule has 0 radical (unpaired) electrons. The van der Waals surface area contributed by atoms with Crippen LogP contribution in [0.1, 0.15) is 0 Å². The van der Waals surface area contributed by atoms with Crippen molar-refractivity contribution in [1.29, 1.82) is 0 Å². The quantitative estimate of drug-likeness (QED) is 0.186. The van der Waals surface area contributed by atoms with E-state index in [1.165, 1.54) is 27.3 Å². The summed E-state index contributed by atoms with van der Waals surface area (Å²) in [5, 5.41) is 4.84. The Morgan fingerprint density at radius 1 is 0.417 bits per heavy atom. The first-order valence-corrected chi connectivity index (χ1v) is 16.3. The number of benzene rings is 8. The van der Waals surface area contributed by atoms with Gasteiger partial charge in [-0.25, -0.2) is 4.98 Å². The van der Waals surface area contributed by atoms with Crippen LogP contribution >= 0.6 is 0 Å². The van der Waals surface area contributed by atoms with Crippen molar-refractivity contribution in [3.8, 4) is 28.2 Å². The van der Waals surface area contributed by atoms with Crippen LogP contribution in [0.5, 0.6) is 0 Å². The van der Waals surface area contributed by atoms with Crippen molar-refractivity contribution >= 4 is 49.6 Å².